The van der Waals surface area contributed by atoms with E-state index in [1.807, 2.05) is 18.2 Å². The summed E-state index contributed by atoms with van der Waals surface area (Å²) in [7, 11) is 2.05. The second-order valence-electron chi connectivity index (χ2n) is 4.59. The van der Waals surface area contributed by atoms with Gasteiger partial charge in [0.05, 0.1) is 11.0 Å². The first-order valence-corrected chi connectivity index (χ1v) is 7.09. The number of imidazole rings is 1. The van der Waals surface area contributed by atoms with E-state index in [0.29, 0.717) is 0 Å². The first-order chi connectivity index (χ1) is 9.22. The molecule has 0 amide bonds. The smallest absolute Gasteiger partial charge is 0.203 e. The summed E-state index contributed by atoms with van der Waals surface area (Å²) in [5.74, 6) is 0.886. The molecule has 3 N–H and O–H groups in total. The summed E-state index contributed by atoms with van der Waals surface area (Å²) in [6.45, 7) is 0.940. The summed E-state index contributed by atoms with van der Waals surface area (Å²) in [6, 6.07) is 9.98. The largest absolute Gasteiger partial charge is 0.399 e. The molecular formula is C14H16N4S. The van der Waals surface area contributed by atoms with Gasteiger partial charge in [-0.1, -0.05) is 6.07 Å². The molecule has 5 heteroatoms. The Balaban J connectivity index is 1.75. The van der Waals surface area contributed by atoms with E-state index in [-0.39, 0.29) is 0 Å². The van der Waals surface area contributed by atoms with Crippen molar-refractivity contribution in [3.8, 4) is 0 Å². The second kappa shape index (κ2) is 4.93. The highest BCUT2D eigenvalue weighted by atomic mass is 32.1. The molecule has 0 fully saturated rings. The van der Waals surface area contributed by atoms with Gasteiger partial charge in [0.15, 0.2) is 0 Å². The third-order valence-corrected chi connectivity index (χ3v) is 4.06. The molecule has 0 aliphatic rings. The van der Waals surface area contributed by atoms with Crippen molar-refractivity contribution in [1.82, 2.24) is 9.97 Å². The summed E-state index contributed by atoms with van der Waals surface area (Å²) in [5.41, 5.74) is 8.46. The minimum absolute atomic E-state index is 0.754. The number of fused-ring (bicyclic) bond motifs is 1. The number of likely N-dealkylation sites (N-methyl/N-ethyl adjacent to an activating group) is 1. The van der Waals surface area contributed by atoms with E-state index in [9.17, 15) is 0 Å². The molecule has 0 unspecified atom stereocenters. The Bertz CT molecular complexity index is 672. The zero-order valence-corrected chi connectivity index (χ0v) is 11.6. The van der Waals surface area contributed by atoms with E-state index in [4.69, 9.17) is 5.73 Å². The molecule has 4 nitrogen and oxygen atoms in total. The molecule has 2 aromatic heterocycles. The Kier molecular flexibility index (Phi) is 3.13. The van der Waals surface area contributed by atoms with Gasteiger partial charge < -0.3 is 15.6 Å². The van der Waals surface area contributed by atoms with Crippen molar-refractivity contribution < 1.29 is 0 Å². The standard InChI is InChI=1S/C14H16N4S/c1-18(7-6-11-3-2-8-19-11)14-16-12-5-4-10(15)9-13(12)17-14/h2-5,8-9H,6-7,15H2,1H3,(H,16,17). The lowest BCUT2D eigenvalue weighted by Gasteiger charge is -2.14. The van der Waals surface area contributed by atoms with Crippen molar-refractivity contribution in [3.63, 3.8) is 0 Å². The van der Waals surface area contributed by atoms with Crippen LogP contribution in [-0.4, -0.2) is 23.6 Å². The number of aromatic nitrogens is 2. The molecule has 0 spiro atoms. The van der Waals surface area contributed by atoms with E-state index >= 15 is 0 Å². The molecule has 0 saturated heterocycles. The molecule has 19 heavy (non-hydrogen) atoms. The number of nitrogens with two attached hydrogens (primary N) is 1. The molecule has 0 bridgehead atoms. The Morgan fingerprint density at radius 3 is 3.05 bits per heavy atom. The monoisotopic (exact) mass is 272 g/mol. The topological polar surface area (TPSA) is 57.9 Å². The minimum Gasteiger partial charge on any atom is -0.399 e. The molecule has 0 aliphatic heterocycles. The van der Waals surface area contributed by atoms with Crippen LogP contribution in [-0.2, 0) is 6.42 Å². The van der Waals surface area contributed by atoms with Crippen LogP contribution in [0.15, 0.2) is 35.7 Å². The number of anilines is 2. The molecule has 3 rings (SSSR count). The van der Waals surface area contributed by atoms with Crippen molar-refractivity contribution in [2.24, 2.45) is 0 Å². The molecule has 2 heterocycles. The summed E-state index contributed by atoms with van der Waals surface area (Å²) < 4.78 is 0. The van der Waals surface area contributed by atoms with Crippen molar-refractivity contribution in [3.05, 3.63) is 40.6 Å². The third-order valence-electron chi connectivity index (χ3n) is 3.13. The molecule has 0 saturated carbocycles. The van der Waals surface area contributed by atoms with Gasteiger partial charge in [0, 0.05) is 24.2 Å². The quantitative estimate of drug-likeness (QED) is 0.718. The number of aromatic amines is 1. The van der Waals surface area contributed by atoms with Crippen LogP contribution in [0.3, 0.4) is 0 Å². The first kappa shape index (κ1) is 12.0. The van der Waals surface area contributed by atoms with Crippen LogP contribution in [0, 0.1) is 0 Å². The lowest BCUT2D eigenvalue weighted by Crippen LogP contribution is -2.21. The van der Waals surface area contributed by atoms with Gasteiger partial charge in [-0.2, -0.15) is 0 Å². The van der Waals surface area contributed by atoms with Crippen LogP contribution in [0.4, 0.5) is 11.6 Å². The van der Waals surface area contributed by atoms with Crippen LogP contribution in [0.25, 0.3) is 11.0 Å². The van der Waals surface area contributed by atoms with Crippen molar-refractivity contribution in [2.45, 2.75) is 6.42 Å². The van der Waals surface area contributed by atoms with Gasteiger partial charge in [-0.15, -0.1) is 11.3 Å². The molecule has 0 radical (unpaired) electrons. The number of nitrogen functional groups attached to an aromatic ring is 1. The predicted molar refractivity (Wildman–Crippen MR) is 81.8 cm³/mol. The average molecular weight is 272 g/mol. The van der Waals surface area contributed by atoms with E-state index < -0.39 is 0 Å². The summed E-state index contributed by atoms with van der Waals surface area (Å²) in [4.78, 5) is 11.4. The fourth-order valence-electron chi connectivity index (χ4n) is 2.03. The molecule has 0 atom stereocenters. The van der Waals surface area contributed by atoms with E-state index in [1.54, 1.807) is 11.3 Å². The van der Waals surface area contributed by atoms with Gasteiger partial charge in [-0.25, -0.2) is 4.98 Å². The zero-order valence-electron chi connectivity index (χ0n) is 10.8. The summed E-state index contributed by atoms with van der Waals surface area (Å²) in [5, 5.41) is 2.11. The van der Waals surface area contributed by atoms with Crippen molar-refractivity contribution in [2.75, 3.05) is 24.2 Å². The Morgan fingerprint density at radius 2 is 2.26 bits per heavy atom. The number of nitrogens with one attached hydrogen (secondary N) is 1. The highest BCUT2D eigenvalue weighted by Gasteiger charge is 2.08. The molecule has 98 valence electrons. The van der Waals surface area contributed by atoms with Gasteiger partial charge in [0.1, 0.15) is 0 Å². The number of rotatable bonds is 4. The second-order valence-corrected chi connectivity index (χ2v) is 5.62. The van der Waals surface area contributed by atoms with E-state index in [0.717, 1.165) is 35.6 Å². The lowest BCUT2D eigenvalue weighted by atomic mass is 10.3. The molecular weight excluding hydrogens is 256 g/mol. The van der Waals surface area contributed by atoms with Gasteiger partial charge in [0.25, 0.3) is 0 Å². The lowest BCUT2D eigenvalue weighted by molar-refractivity contribution is 0.859. The molecule has 0 aliphatic carbocycles. The molecule has 3 aromatic rings. The Hall–Kier alpha value is -2.01. The first-order valence-electron chi connectivity index (χ1n) is 6.21. The zero-order chi connectivity index (χ0) is 13.2. The highest BCUT2D eigenvalue weighted by molar-refractivity contribution is 7.09. The van der Waals surface area contributed by atoms with Gasteiger partial charge in [-0.05, 0) is 36.1 Å². The van der Waals surface area contributed by atoms with Crippen LogP contribution in [0.2, 0.25) is 0 Å². The average Bonchev–Trinajstić information content (AvgIpc) is 3.04. The number of benzene rings is 1. The maximum Gasteiger partial charge on any atom is 0.203 e. The maximum absolute atomic E-state index is 5.77. The fourth-order valence-corrected chi connectivity index (χ4v) is 2.73. The number of hydrogen-bond acceptors (Lipinski definition) is 4. The Morgan fingerprint density at radius 1 is 1.37 bits per heavy atom. The van der Waals surface area contributed by atoms with Crippen LogP contribution in [0.5, 0.6) is 0 Å². The minimum atomic E-state index is 0.754. The van der Waals surface area contributed by atoms with Crippen LogP contribution >= 0.6 is 11.3 Å². The normalized spacial score (nSPS) is 11.0. The van der Waals surface area contributed by atoms with Crippen LogP contribution in [0.1, 0.15) is 4.88 Å². The predicted octanol–water partition coefficient (Wildman–Crippen LogP) is 2.89. The van der Waals surface area contributed by atoms with Gasteiger partial charge >= 0.3 is 0 Å². The summed E-state index contributed by atoms with van der Waals surface area (Å²) >= 11 is 1.79. The third kappa shape index (κ3) is 2.56. The van der Waals surface area contributed by atoms with Crippen molar-refractivity contribution >= 4 is 34.0 Å². The number of thiophene rings is 1. The Labute approximate surface area is 115 Å². The number of H-pyrrole nitrogens is 1. The SMILES string of the molecule is CN(CCc1cccs1)c1nc2ccc(N)cc2[nH]1. The number of hydrogen-bond donors (Lipinski definition) is 2. The van der Waals surface area contributed by atoms with Gasteiger partial charge in [0.2, 0.25) is 5.95 Å². The number of nitrogens with zero attached hydrogens (tertiary/aromatic N) is 2. The maximum atomic E-state index is 5.77. The van der Waals surface area contributed by atoms with E-state index in [1.165, 1.54) is 4.88 Å². The van der Waals surface area contributed by atoms with Gasteiger partial charge in [-0.3, -0.25) is 0 Å². The fraction of sp³-hybridized carbons (Fsp3) is 0.214. The summed E-state index contributed by atoms with van der Waals surface area (Å²) in [6.07, 6.45) is 1.04. The van der Waals surface area contributed by atoms with E-state index in [2.05, 4.69) is 39.4 Å². The highest BCUT2D eigenvalue weighted by Crippen LogP contribution is 2.19. The van der Waals surface area contributed by atoms with Crippen LogP contribution < -0.4 is 10.6 Å². The van der Waals surface area contributed by atoms with Crippen molar-refractivity contribution in [1.29, 1.82) is 0 Å². The molecule has 1 aromatic carbocycles.